The molecule has 4 nitrogen and oxygen atoms in total. The van der Waals surface area contributed by atoms with Gasteiger partial charge in [0, 0.05) is 19.0 Å². The molecule has 0 bridgehead atoms. The van der Waals surface area contributed by atoms with E-state index in [2.05, 4.69) is 21.2 Å². The van der Waals surface area contributed by atoms with Crippen molar-refractivity contribution in [1.29, 1.82) is 0 Å². The summed E-state index contributed by atoms with van der Waals surface area (Å²) in [5.74, 6) is 0.531. The van der Waals surface area contributed by atoms with E-state index in [1.165, 1.54) is 6.92 Å². The van der Waals surface area contributed by atoms with Gasteiger partial charge in [-0.25, -0.2) is 0 Å². The molecule has 0 atom stereocenters. The van der Waals surface area contributed by atoms with Gasteiger partial charge in [-0.15, -0.1) is 0 Å². The molecule has 0 aromatic heterocycles. The molecular weight excluding hydrogens is 358 g/mol. The Balaban J connectivity index is 1.87. The van der Waals surface area contributed by atoms with Crippen LogP contribution in [0.1, 0.15) is 22.8 Å². The molecule has 0 aliphatic heterocycles. The summed E-state index contributed by atoms with van der Waals surface area (Å²) < 4.78 is 6.35. The number of ketones is 1. The van der Waals surface area contributed by atoms with Gasteiger partial charge in [-0.1, -0.05) is 36.4 Å². The van der Waals surface area contributed by atoms with Gasteiger partial charge in [0.1, 0.15) is 5.75 Å². The Morgan fingerprint density at radius 3 is 2.43 bits per heavy atom. The lowest BCUT2D eigenvalue weighted by Gasteiger charge is -2.08. The van der Waals surface area contributed by atoms with Crippen LogP contribution in [-0.2, 0) is 11.2 Å². The maximum atomic E-state index is 12.1. The van der Waals surface area contributed by atoms with E-state index in [1.807, 2.05) is 36.4 Å². The van der Waals surface area contributed by atoms with Gasteiger partial charge in [-0.2, -0.15) is 0 Å². The molecule has 120 valence electrons. The van der Waals surface area contributed by atoms with E-state index in [-0.39, 0.29) is 18.3 Å². The van der Waals surface area contributed by atoms with Crippen molar-refractivity contribution in [2.75, 3.05) is 13.2 Å². The number of Topliss-reactive ketones (excluding diaryl/α,β-unsaturated/α-hetero) is 1. The summed E-state index contributed by atoms with van der Waals surface area (Å²) in [6, 6.07) is 14.8. The highest BCUT2D eigenvalue weighted by Gasteiger charge is 2.08. The fraction of sp³-hybridized carbons (Fsp3) is 0.222. The number of hydrogen-bond donors (Lipinski definition) is 1. The van der Waals surface area contributed by atoms with Crippen molar-refractivity contribution >= 4 is 27.6 Å². The first kappa shape index (κ1) is 17.2. The number of amides is 1. The third-order valence-electron chi connectivity index (χ3n) is 3.26. The first-order chi connectivity index (χ1) is 11.1. The van der Waals surface area contributed by atoms with Crippen LogP contribution < -0.4 is 10.1 Å². The maximum absolute atomic E-state index is 12.1. The number of benzene rings is 2. The fourth-order valence-electron chi connectivity index (χ4n) is 2.03. The molecule has 0 unspecified atom stereocenters. The number of carbonyl (C=O) groups excluding carboxylic acids is 2. The van der Waals surface area contributed by atoms with Gasteiger partial charge in [-0.3, -0.25) is 9.59 Å². The fourth-order valence-corrected chi connectivity index (χ4v) is 2.43. The highest BCUT2D eigenvalue weighted by Crippen LogP contribution is 2.23. The van der Waals surface area contributed by atoms with E-state index >= 15 is 0 Å². The number of rotatable bonds is 7. The largest absolute Gasteiger partial charge is 0.484 e. The Morgan fingerprint density at radius 1 is 1.09 bits per heavy atom. The van der Waals surface area contributed by atoms with E-state index < -0.39 is 0 Å². The number of nitrogens with one attached hydrogen (secondary N) is 1. The van der Waals surface area contributed by atoms with Gasteiger partial charge >= 0.3 is 0 Å². The molecule has 0 radical (unpaired) electrons. The first-order valence-corrected chi connectivity index (χ1v) is 8.09. The Labute approximate surface area is 144 Å². The smallest absolute Gasteiger partial charge is 0.216 e. The molecule has 0 spiro atoms. The monoisotopic (exact) mass is 375 g/mol. The summed E-state index contributed by atoms with van der Waals surface area (Å²) in [7, 11) is 0. The summed E-state index contributed by atoms with van der Waals surface area (Å²) in [6.07, 6.45) is 0.738. The minimum Gasteiger partial charge on any atom is -0.484 e. The molecule has 0 aliphatic rings. The van der Waals surface area contributed by atoms with Crippen molar-refractivity contribution in [2.24, 2.45) is 0 Å². The zero-order chi connectivity index (χ0) is 16.7. The lowest BCUT2D eigenvalue weighted by Crippen LogP contribution is -2.22. The van der Waals surface area contributed by atoms with Crippen molar-refractivity contribution in [2.45, 2.75) is 13.3 Å². The standard InChI is InChI=1S/C18H18BrNO3/c1-13(21)20-11-10-14-6-8-15(9-7-14)17(22)12-23-18-5-3-2-4-16(18)19/h2-9H,10-12H2,1H3,(H,20,21). The van der Waals surface area contributed by atoms with Crippen LogP contribution >= 0.6 is 15.9 Å². The zero-order valence-electron chi connectivity index (χ0n) is 12.8. The molecule has 1 amide bonds. The van der Waals surface area contributed by atoms with Crippen LogP contribution in [0.15, 0.2) is 53.0 Å². The Morgan fingerprint density at radius 2 is 1.78 bits per heavy atom. The molecule has 5 heteroatoms. The Bertz CT molecular complexity index is 683. The number of hydrogen-bond acceptors (Lipinski definition) is 3. The van der Waals surface area contributed by atoms with Crippen molar-refractivity contribution in [3.63, 3.8) is 0 Å². The predicted octanol–water partition coefficient (Wildman–Crippen LogP) is 3.39. The van der Waals surface area contributed by atoms with E-state index in [4.69, 9.17) is 4.74 Å². The molecule has 0 aliphatic carbocycles. The quantitative estimate of drug-likeness (QED) is 0.754. The molecule has 2 rings (SSSR count). The number of carbonyl (C=O) groups is 2. The first-order valence-electron chi connectivity index (χ1n) is 7.30. The Kier molecular flexibility index (Phi) is 6.35. The van der Waals surface area contributed by atoms with Crippen LogP contribution in [0.3, 0.4) is 0 Å². The van der Waals surface area contributed by atoms with Crippen LogP contribution in [0, 0.1) is 0 Å². The van der Waals surface area contributed by atoms with Crippen LogP contribution in [0.2, 0.25) is 0 Å². The molecule has 23 heavy (non-hydrogen) atoms. The van der Waals surface area contributed by atoms with Crippen LogP contribution in [0.25, 0.3) is 0 Å². The minimum atomic E-state index is -0.0748. The van der Waals surface area contributed by atoms with Crippen molar-refractivity contribution in [3.8, 4) is 5.75 Å². The SMILES string of the molecule is CC(=O)NCCc1ccc(C(=O)COc2ccccc2Br)cc1. The average molecular weight is 376 g/mol. The van der Waals surface area contributed by atoms with Crippen LogP contribution in [0.4, 0.5) is 0 Å². The third kappa shape index (κ3) is 5.53. The van der Waals surface area contributed by atoms with Crippen molar-refractivity contribution in [3.05, 3.63) is 64.1 Å². The highest BCUT2D eigenvalue weighted by atomic mass is 79.9. The van der Waals surface area contributed by atoms with E-state index in [9.17, 15) is 9.59 Å². The topological polar surface area (TPSA) is 55.4 Å². The number of para-hydroxylation sites is 1. The molecule has 0 saturated heterocycles. The summed E-state index contributed by atoms with van der Waals surface area (Å²) in [4.78, 5) is 23.0. The van der Waals surface area contributed by atoms with Crippen LogP contribution in [0.5, 0.6) is 5.75 Å². The second-order valence-corrected chi connectivity index (χ2v) is 5.93. The number of halogens is 1. The summed E-state index contributed by atoms with van der Waals surface area (Å²) in [5, 5.41) is 2.74. The summed E-state index contributed by atoms with van der Waals surface area (Å²) >= 11 is 3.38. The van der Waals surface area contributed by atoms with Gasteiger partial charge < -0.3 is 10.1 Å². The van der Waals surface area contributed by atoms with E-state index in [0.29, 0.717) is 17.9 Å². The zero-order valence-corrected chi connectivity index (χ0v) is 14.4. The lowest BCUT2D eigenvalue weighted by molar-refractivity contribution is -0.118. The van der Waals surface area contributed by atoms with Gasteiger partial charge in [0.25, 0.3) is 0 Å². The van der Waals surface area contributed by atoms with Crippen molar-refractivity contribution in [1.82, 2.24) is 5.32 Å². The second kappa shape index (κ2) is 8.48. The molecule has 0 fully saturated rings. The third-order valence-corrected chi connectivity index (χ3v) is 3.91. The van der Waals surface area contributed by atoms with Gasteiger partial charge in [0.2, 0.25) is 5.91 Å². The predicted molar refractivity (Wildman–Crippen MR) is 92.8 cm³/mol. The number of ether oxygens (including phenoxy) is 1. The second-order valence-electron chi connectivity index (χ2n) is 5.07. The molecule has 1 N–H and O–H groups in total. The molecule has 2 aromatic rings. The normalized spacial score (nSPS) is 10.2. The van der Waals surface area contributed by atoms with E-state index in [0.717, 1.165) is 16.5 Å². The molecular formula is C18H18BrNO3. The van der Waals surface area contributed by atoms with Crippen molar-refractivity contribution < 1.29 is 14.3 Å². The molecule has 0 heterocycles. The lowest BCUT2D eigenvalue weighted by atomic mass is 10.1. The molecule has 0 saturated carbocycles. The summed E-state index contributed by atoms with van der Waals surface area (Å²) in [6.45, 7) is 2.08. The van der Waals surface area contributed by atoms with E-state index in [1.54, 1.807) is 12.1 Å². The van der Waals surface area contributed by atoms with Gasteiger partial charge in [0.05, 0.1) is 4.47 Å². The summed E-state index contributed by atoms with van der Waals surface area (Å²) in [5.41, 5.74) is 1.68. The Hall–Kier alpha value is -2.14. The maximum Gasteiger partial charge on any atom is 0.216 e. The molecule has 2 aromatic carbocycles. The van der Waals surface area contributed by atoms with Gasteiger partial charge in [-0.05, 0) is 40.0 Å². The van der Waals surface area contributed by atoms with Crippen LogP contribution in [-0.4, -0.2) is 24.8 Å². The van der Waals surface area contributed by atoms with Gasteiger partial charge in [0.15, 0.2) is 12.4 Å². The minimum absolute atomic E-state index is 0.00610. The highest BCUT2D eigenvalue weighted by molar-refractivity contribution is 9.10. The average Bonchev–Trinajstić information content (AvgIpc) is 2.54.